The molecule has 0 spiro atoms. The number of hydrogen-bond acceptors (Lipinski definition) is 5. The molecule has 0 bridgehead atoms. The van der Waals surface area contributed by atoms with Crippen LogP contribution in [-0.4, -0.2) is 28.9 Å². The van der Waals surface area contributed by atoms with Crippen molar-refractivity contribution in [1.82, 2.24) is 14.6 Å². The molecular formula is C30H27F2N5O3S. The number of fused-ring (bicyclic) bond motifs is 1. The maximum Gasteiger partial charge on any atom is 0.280 e. The van der Waals surface area contributed by atoms with Crippen LogP contribution in [0.4, 0.5) is 20.2 Å². The standard InChI is InChI=1S/C30H27F2N5O3S/c1-17-5-7-21(8-6-17)25-15-26(28(31)32)37-29(35-25)24(16-33-37)30(38)34-22-9-11-23(12-10-22)41(39,40)36-27-19(3)13-18(2)14-20(27)4/h5-16,28,36H,1-4H3,(H,34,38). The van der Waals surface area contributed by atoms with Crippen molar-refractivity contribution in [3.63, 3.8) is 0 Å². The highest BCUT2D eigenvalue weighted by atomic mass is 32.2. The molecule has 41 heavy (non-hydrogen) atoms. The minimum atomic E-state index is -3.89. The molecule has 0 aliphatic heterocycles. The van der Waals surface area contributed by atoms with Gasteiger partial charge in [0.2, 0.25) is 0 Å². The van der Waals surface area contributed by atoms with Crippen LogP contribution in [-0.2, 0) is 10.0 Å². The van der Waals surface area contributed by atoms with Crippen LogP contribution in [0.1, 0.15) is 44.7 Å². The molecular weight excluding hydrogens is 548 g/mol. The Morgan fingerprint density at radius 1 is 0.878 bits per heavy atom. The quantitative estimate of drug-likeness (QED) is 0.227. The van der Waals surface area contributed by atoms with E-state index in [-0.39, 0.29) is 21.8 Å². The third-order valence-corrected chi connectivity index (χ3v) is 8.02. The fraction of sp³-hybridized carbons (Fsp3) is 0.167. The number of anilines is 2. The largest absolute Gasteiger partial charge is 0.322 e. The smallest absolute Gasteiger partial charge is 0.280 e. The van der Waals surface area contributed by atoms with Crippen LogP contribution < -0.4 is 10.0 Å². The lowest BCUT2D eigenvalue weighted by Gasteiger charge is -2.14. The van der Waals surface area contributed by atoms with Gasteiger partial charge in [-0.1, -0.05) is 47.5 Å². The summed E-state index contributed by atoms with van der Waals surface area (Å²) in [6, 6.07) is 17.9. The third kappa shape index (κ3) is 5.66. The van der Waals surface area contributed by atoms with Gasteiger partial charge in [0.15, 0.2) is 5.65 Å². The van der Waals surface area contributed by atoms with E-state index in [1.54, 1.807) is 12.1 Å². The summed E-state index contributed by atoms with van der Waals surface area (Å²) >= 11 is 0. The number of amides is 1. The van der Waals surface area contributed by atoms with Crippen LogP contribution >= 0.6 is 0 Å². The van der Waals surface area contributed by atoms with Gasteiger partial charge in [-0.05, 0) is 69.2 Å². The van der Waals surface area contributed by atoms with Gasteiger partial charge in [-0.15, -0.1) is 0 Å². The van der Waals surface area contributed by atoms with Gasteiger partial charge in [-0.25, -0.2) is 26.7 Å². The number of hydrogen-bond donors (Lipinski definition) is 2. The summed E-state index contributed by atoms with van der Waals surface area (Å²) in [5.41, 5.74) is 4.93. The summed E-state index contributed by atoms with van der Waals surface area (Å²) in [4.78, 5) is 17.6. The molecule has 210 valence electrons. The molecule has 11 heteroatoms. The summed E-state index contributed by atoms with van der Waals surface area (Å²) in [5, 5.41) is 6.65. The number of carbonyl (C=O) groups excluding carboxylic acids is 1. The molecule has 2 N–H and O–H groups in total. The van der Waals surface area contributed by atoms with Crippen LogP contribution in [0.2, 0.25) is 0 Å². The summed E-state index contributed by atoms with van der Waals surface area (Å²) < 4.78 is 57.5. The molecule has 3 aromatic carbocycles. The monoisotopic (exact) mass is 575 g/mol. The number of rotatable bonds is 7. The Balaban J connectivity index is 1.41. The molecule has 5 aromatic rings. The fourth-order valence-electron chi connectivity index (χ4n) is 4.62. The summed E-state index contributed by atoms with van der Waals surface area (Å²) in [7, 11) is -3.89. The summed E-state index contributed by atoms with van der Waals surface area (Å²) in [6.07, 6.45) is -1.67. The van der Waals surface area contributed by atoms with E-state index in [4.69, 9.17) is 0 Å². The van der Waals surface area contributed by atoms with Gasteiger partial charge in [0.05, 0.1) is 22.5 Å². The predicted octanol–water partition coefficient (Wildman–Crippen LogP) is 6.62. The predicted molar refractivity (Wildman–Crippen MR) is 154 cm³/mol. The number of halogens is 2. The van der Waals surface area contributed by atoms with Gasteiger partial charge in [0, 0.05) is 11.3 Å². The Kier molecular flexibility index (Phi) is 7.31. The van der Waals surface area contributed by atoms with Crippen molar-refractivity contribution in [3.8, 4) is 11.3 Å². The van der Waals surface area contributed by atoms with Crippen molar-refractivity contribution < 1.29 is 22.0 Å². The maximum atomic E-state index is 13.9. The van der Waals surface area contributed by atoms with Gasteiger partial charge >= 0.3 is 0 Å². The van der Waals surface area contributed by atoms with E-state index in [1.807, 2.05) is 52.0 Å². The molecule has 0 unspecified atom stereocenters. The van der Waals surface area contributed by atoms with Crippen LogP contribution in [0.15, 0.2) is 77.8 Å². The topological polar surface area (TPSA) is 105 Å². The number of benzene rings is 3. The summed E-state index contributed by atoms with van der Waals surface area (Å²) in [5.74, 6) is -0.631. The number of aromatic nitrogens is 3. The second-order valence-corrected chi connectivity index (χ2v) is 11.6. The van der Waals surface area contributed by atoms with Crippen LogP contribution in [0.3, 0.4) is 0 Å². The molecule has 2 aromatic heterocycles. The average Bonchev–Trinajstić information content (AvgIpc) is 3.35. The number of nitrogens with zero attached hydrogens (tertiary/aromatic N) is 3. The molecule has 5 rings (SSSR count). The first-order valence-electron chi connectivity index (χ1n) is 12.7. The molecule has 0 fully saturated rings. The van der Waals surface area contributed by atoms with E-state index in [2.05, 4.69) is 20.1 Å². The van der Waals surface area contributed by atoms with Crippen molar-refractivity contribution in [2.75, 3.05) is 10.0 Å². The Bertz CT molecular complexity index is 1860. The zero-order chi connectivity index (χ0) is 29.5. The number of carbonyl (C=O) groups is 1. The van der Waals surface area contributed by atoms with E-state index in [0.29, 0.717) is 16.9 Å². The lowest BCUT2D eigenvalue weighted by molar-refractivity contribution is 0.102. The van der Waals surface area contributed by atoms with E-state index in [9.17, 15) is 22.0 Å². The van der Waals surface area contributed by atoms with E-state index in [0.717, 1.165) is 26.8 Å². The van der Waals surface area contributed by atoms with Gasteiger partial charge < -0.3 is 5.32 Å². The van der Waals surface area contributed by atoms with Crippen LogP contribution in [0.25, 0.3) is 16.9 Å². The minimum Gasteiger partial charge on any atom is -0.322 e. The Labute approximate surface area is 236 Å². The number of nitrogens with one attached hydrogen (secondary N) is 2. The molecule has 0 aliphatic carbocycles. The average molecular weight is 576 g/mol. The third-order valence-electron chi connectivity index (χ3n) is 6.65. The first-order chi connectivity index (χ1) is 19.4. The van der Waals surface area contributed by atoms with E-state index < -0.39 is 28.0 Å². The normalized spacial score (nSPS) is 11.7. The highest BCUT2D eigenvalue weighted by Gasteiger charge is 2.22. The molecule has 8 nitrogen and oxygen atoms in total. The molecule has 0 aliphatic rings. The van der Waals surface area contributed by atoms with Crippen molar-refractivity contribution >= 4 is 33.0 Å². The van der Waals surface area contributed by atoms with Crippen molar-refractivity contribution in [1.29, 1.82) is 0 Å². The van der Waals surface area contributed by atoms with Gasteiger partial charge in [0.25, 0.3) is 22.4 Å². The highest BCUT2D eigenvalue weighted by Crippen LogP contribution is 2.28. The molecule has 0 saturated carbocycles. The first kappa shape index (κ1) is 27.9. The molecule has 1 amide bonds. The number of aryl methyl sites for hydroxylation is 4. The Hall–Kier alpha value is -4.64. The number of alkyl halides is 2. The van der Waals surface area contributed by atoms with Gasteiger partial charge in [-0.2, -0.15) is 5.10 Å². The molecule has 0 saturated heterocycles. The van der Waals surface area contributed by atoms with Crippen molar-refractivity contribution in [2.24, 2.45) is 0 Å². The number of sulfonamides is 1. The van der Waals surface area contributed by atoms with Crippen LogP contribution in [0, 0.1) is 27.7 Å². The Morgan fingerprint density at radius 3 is 2.12 bits per heavy atom. The maximum absolute atomic E-state index is 13.9. The SMILES string of the molecule is Cc1ccc(-c2cc(C(F)F)n3ncc(C(=O)Nc4ccc(S(=O)(=O)Nc5c(C)cc(C)cc5C)cc4)c3n2)cc1. The molecule has 0 radical (unpaired) electrons. The molecule has 2 heterocycles. The van der Waals surface area contributed by atoms with Crippen LogP contribution in [0.5, 0.6) is 0 Å². The first-order valence-corrected chi connectivity index (χ1v) is 14.2. The lowest BCUT2D eigenvalue weighted by atomic mass is 10.1. The highest BCUT2D eigenvalue weighted by molar-refractivity contribution is 7.92. The van der Waals surface area contributed by atoms with E-state index >= 15 is 0 Å². The van der Waals surface area contributed by atoms with Gasteiger partial charge in [-0.3, -0.25) is 9.52 Å². The van der Waals surface area contributed by atoms with Crippen molar-refractivity contribution in [3.05, 3.63) is 106 Å². The zero-order valence-corrected chi connectivity index (χ0v) is 23.6. The van der Waals surface area contributed by atoms with Gasteiger partial charge in [0.1, 0.15) is 11.3 Å². The summed E-state index contributed by atoms with van der Waals surface area (Å²) in [6.45, 7) is 7.52. The lowest BCUT2D eigenvalue weighted by Crippen LogP contribution is -2.15. The minimum absolute atomic E-state index is 0.00968. The second-order valence-electron chi connectivity index (χ2n) is 9.88. The second kappa shape index (κ2) is 10.7. The fourth-order valence-corrected chi connectivity index (χ4v) is 5.83. The van der Waals surface area contributed by atoms with Crippen molar-refractivity contribution in [2.45, 2.75) is 39.0 Å². The zero-order valence-electron chi connectivity index (χ0n) is 22.7. The van der Waals surface area contributed by atoms with E-state index in [1.165, 1.54) is 36.5 Å². The molecule has 0 atom stereocenters. The Morgan fingerprint density at radius 2 is 1.51 bits per heavy atom.